The zero-order valence-electron chi connectivity index (χ0n) is 16.4. The van der Waals surface area contributed by atoms with Crippen LogP contribution in [0.25, 0.3) is 0 Å². The molecular weight excluding hydrogens is 362 g/mol. The molecule has 1 saturated heterocycles. The fourth-order valence-electron chi connectivity index (χ4n) is 3.18. The van der Waals surface area contributed by atoms with E-state index in [9.17, 15) is 8.42 Å². The molecule has 0 unspecified atom stereocenters. The first-order chi connectivity index (χ1) is 12.8. The van der Waals surface area contributed by atoms with E-state index in [0.29, 0.717) is 31.1 Å². The first-order valence-corrected chi connectivity index (χ1v) is 10.9. The van der Waals surface area contributed by atoms with Gasteiger partial charge in [-0.3, -0.25) is 0 Å². The van der Waals surface area contributed by atoms with Gasteiger partial charge in [-0.1, -0.05) is 29.8 Å². The van der Waals surface area contributed by atoms with Crippen molar-refractivity contribution in [3.8, 4) is 0 Å². The summed E-state index contributed by atoms with van der Waals surface area (Å²) < 4.78 is 29.5. The van der Waals surface area contributed by atoms with E-state index in [1.54, 1.807) is 16.4 Å². The summed E-state index contributed by atoms with van der Waals surface area (Å²) in [5.41, 5.74) is 1.51. The number of hydrogen-bond acceptors (Lipinski definition) is 5. The second-order valence-electron chi connectivity index (χ2n) is 8.00. The molecule has 2 aromatic rings. The summed E-state index contributed by atoms with van der Waals surface area (Å²) in [6, 6.07) is 7.24. The topological polar surface area (TPSA) is 80.1 Å². The number of sulfonamides is 1. The molecule has 1 fully saturated rings. The Morgan fingerprint density at radius 3 is 2.44 bits per heavy atom. The normalized spacial score (nSPS) is 16.6. The lowest BCUT2D eigenvalue weighted by Crippen LogP contribution is -2.36. The molecule has 0 aliphatic carbocycles. The van der Waals surface area contributed by atoms with Crippen LogP contribution < -0.4 is 5.32 Å². The van der Waals surface area contributed by atoms with Crippen LogP contribution >= 0.6 is 0 Å². The van der Waals surface area contributed by atoms with Crippen molar-refractivity contribution in [1.82, 2.24) is 24.6 Å². The number of benzene rings is 1. The molecule has 0 atom stereocenters. The summed E-state index contributed by atoms with van der Waals surface area (Å²) in [6.07, 6.45) is 4.89. The predicted molar refractivity (Wildman–Crippen MR) is 105 cm³/mol. The van der Waals surface area contributed by atoms with Crippen molar-refractivity contribution in [2.45, 2.75) is 63.6 Å². The molecule has 3 rings (SSSR count). The van der Waals surface area contributed by atoms with Crippen molar-refractivity contribution < 1.29 is 8.42 Å². The number of piperidine rings is 1. The standard InChI is InChI=1S/C19H29N5O2S/c1-19(2,3)24-15-17(21-22-24)14-20-13-16-9-5-6-10-18(16)27(25,26)23-11-7-4-8-12-23/h5-6,9-10,15,20H,4,7-8,11-14H2,1-3H3. The molecule has 148 valence electrons. The third-order valence-corrected chi connectivity index (χ3v) is 6.75. The summed E-state index contributed by atoms with van der Waals surface area (Å²) in [7, 11) is -3.44. The van der Waals surface area contributed by atoms with Gasteiger partial charge < -0.3 is 5.32 Å². The van der Waals surface area contributed by atoms with Gasteiger partial charge in [-0.25, -0.2) is 13.1 Å². The molecule has 1 aliphatic rings. The molecular formula is C19H29N5O2S. The third-order valence-electron chi connectivity index (χ3n) is 4.76. The summed E-state index contributed by atoms with van der Waals surface area (Å²) in [5, 5.41) is 11.6. The van der Waals surface area contributed by atoms with Crippen LogP contribution in [0.5, 0.6) is 0 Å². The summed E-state index contributed by atoms with van der Waals surface area (Å²) in [5.74, 6) is 0. The van der Waals surface area contributed by atoms with E-state index >= 15 is 0 Å². The first-order valence-electron chi connectivity index (χ1n) is 9.49. The van der Waals surface area contributed by atoms with E-state index in [0.717, 1.165) is 30.5 Å². The average molecular weight is 392 g/mol. The van der Waals surface area contributed by atoms with Crippen molar-refractivity contribution in [2.75, 3.05) is 13.1 Å². The van der Waals surface area contributed by atoms with Gasteiger partial charge in [-0.05, 0) is 45.2 Å². The molecule has 0 bridgehead atoms. The Kier molecular flexibility index (Phi) is 5.98. The van der Waals surface area contributed by atoms with Crippen molar-refractivity contribution in [3.63, 3.8) is 0 Å². The second kappa shape index (κ2) is 8.08. The fraction of sp³-hybridized carbons (Fsp3) is 0.579. The average Bonchev–Trinajstić information content (AvgIpc) is 3.12. The predicted octanol–water partition coefficient (Wildman–Crippen LogP) is 2.50. The van der Waals surface area contributed by atoms with Crippen molar-refractivity contribution >= 4 is 10.0 Å². The quantitative estimate of drug-likeness (QED) is 0.818. The zero-order valence-corrected chi connectivity index (χ0v) is 17.2. The first kappa shape index (κ1) is 20.0. The van der Waals surface area contributed by atoms with E-state index in [2.05, 4.69) is 36.4 Å². The molecule has 0 saturated carbocycles. The molecule has 0 amide bonds. The Hall–Kier alpha value is -1.77. The molecule has 1 aromatic carbocycles. The van der Waals surface area contributed by atoms with Crippen LogP contribution in [0.15, 0.2) is 35.4 Å². The molecule has 1 aliphatic heterocycles. The maximum Gasteiger partial charge on any atom is 0.243 e. The van der Waals surface area contributed by atoms with Gasteiger partial charge in [0.25, 0.3) is 0 Å². The number of nitrogens with zero attached hydrogens (tertiary/aromatic N) is 4. The molecule has 0 radical (unpaired) electrons. The number of aromatic nitrogens is 3. The molecule has 1 aromatic heterocycles. The lowest BCUT2D eigenvalue weighted by molar-refractivity contribution is 0.346. The molecule has 1 N–H and O–H groups in total. The lowest BCUT2D eigenvalue weighted by atomic mass is 10.1. The third kappa shape index (κ3) is 4.75. The van der Waals surface area contributed by atoms with E-state index in [-0.39, 0.29) is 5.54 Å². The molecule has 2 heterocycles. The maximum atomic E-state index is 13.0. The van der Waals surface area contributed by atoms with Gasteiger partial charge in [-0.15, -0.1) is 5.10 Å². The summed E-state index contributed by atoms with van der Waals surface area (Å²) in [4.78, 5) is 0.401. The molecule has 8 heteroatoms. The van der Waals surface area contributed by atoms with E-state index in [1.165, 1.54) is 0 Å². The van der Waals surface area contributed by atoms with Crippen molar-refractivity contribution in [3.05, 3.63) is 41.7 Å². The van der Waals surface area contributed by atoms with Gasteiger partial charge in [0, 0.05) is 26.2 Å². The zero-order chi connectivity index (χ0) is 19.5. The van der Waals surface area contributed by atoms with Crippen molar-refractivity contribution in [1.29, 1.82) is 0 Å². The van der Waals surface area contributed by atoms with Crippen LogP contribution in [-0.4, -0.2) is 40.8 Å². The van der Waals surface area contributed by atoms with Crippen LogP contribution in [0, 0.1) is 0 Å². The van der Waals surface area contributed by atoms with Crippen LogP contribution in [0.1, 0.15) is 51.3 Å². The van der Waals surface area contributed by atoms with Crippen LogP contribution in [0.3, 0.4) is 0 Å². The molecule has 27 heavy (non-hydrogen) atoms. The highest BCUT2D eigenvalue weighted by atomic mass is 32.2. The summed E-state index contributed by atoms with van der Waals surface area (Å²) in [6.45, 7) is 8.43. The SMILES string of the molecule is CC(C)(C)n1cc(CNCc2ccccc2S(=O)(=O)N2CCCCC2)nn1. The molecule has 0 spiro atoms. The fourth-order valence-corrected chi connectivity index (χ4v) is 4.92. The van der Waals surface area contributed by atoms with E-state index < -0.39 is 10.0 Å². The minimum Gasteiger partial charge on any atom is -0.307 e. The minimum absolute atomic E-state index is 0.111. The monoisotopic (exact) mass is 391 g/mol. The Morgan fingerprint density at radius 1 is 1.07 bits per heavy atom. The Bertz CT molecular complexity index is 864. The lowest BCUT2D eigenvalue weighted by Gasteiger charge is -2.26. The smallest absolute Gasteiger partial charge is 0.243 e. The number of rotatable bonds is 6. The molecule has 7 nitrogen and oxygen atoms in total. The highest BCUT2D eigenvalue weighted by molar-refractivity contribution is 7.89. The van der Waals surface area contributed by atoms with E-state index in [1.807, 2.05) is 23.0 Å². The largest absolute Gasteiger partial charge is 0.307 e. The van der Waals surface area contributed by atoms with Gasteiger partial charge in [0.15, 0.2) is 0 Å². The number of nitrogens with one attached hydrogen (secondary N) is 1. The Morgan fingerprint density at radius 2 is 1.78 bits per heavy atom. The van der Waals surface area contributed by atoms with Gasteiger partial charge in [0.2, 0.25) is 10.0 Å². The Labute approximate surface area is 161 Å². The van der Waals surface area contributed by atoms with Gasteiger partial charge in [0.05, 0.1) is 22.3 Å². The highest BCUT2D eigenvalue weighted by Gasteiger charge is 2.27. The second-order valence-corrected chi connectivity index (χ2v) is 9.91. The van der Waals surface area contributed by atoms with Crippen LogP contribution in [0.2, 0.25) is 0 Å². The van der Waals surface area contributed by atoms with Gasteiger partial charge in [-0.2, -0.15) is 4.31 Å². The Balaban J connectivity index is 1.68. The highest BCUT2D eigenvalue weighted by Crippen LogP contribution is 2.23. The van der Waals surface area contributed by atoms with Gasteiger partial charge >= 0.3 is 0 Å². The van der Waals surface area contributed by atoms with Crippen molar-refractivity contribution in [2.24, 2.45) is 0 Å². The van der Waals surface area contributed by atoms with Crippen LogP contribution in [0.4, 0.5) is 0 Å². The minimum atomic E-state index is -3.44. The van der Waals surface area contributed by atoms with Crippen LogP contribution in [-0.2, 0) is 28.7 Å². The summed E-state index contributed by atoms with van der Waals surface area (Å²) >= 11 is 0. The van der Waals surface area contributed by atoms with E-state index in [4.69, 9.17) is 0 Å². The maximum absolute atomic E-state index is 13.0. The number of hydrogen-bond donors (Lipinski definition) is 1. The van der Waals surface area contributed by atoms with Gasteiger partial charge in [0.1, 0.15) is 0 Å².